The van der Waals surface area contributed by atoms with Crippen molar-refractivity contribution in [3.8, 4) is 17.0 Å². The zero-order valence-electron chi connectivity index (χ0n) is 14.8. The SMILES string of the molecule is CN(N=Cc1ccc(O)cc1)c1cc(-c2cc3c([nH]2)CCNC3=O)ccn1. The average Bonchev–Trinajstić information content (AvgIpc) is 3.13. The molecule has 7 heteroatoms. The number of phenols is 1. The molecule has 1 aliphatic heterocycles. The van der Waals surface area contributed by atoms with Gasteiger partial charge in [0, 0.05) is 43.2 Å². The van der Waals surface area contributed by atoms with E-state index in [0.717, 1.165) is 28.9 Å². The van der Waals surface area contributed by atoms with Crippen LogP contribution in [0.5, 0.6) is 5.75 Å². The molecule has 0 bridgehead atoms. The van der Waals surface area contributed by atoms with Crippen LogP contribution in [0.25, 0.3) is 11.3 Å². The number of aromatic hydroxyl groups is 1. The maximum absolute atomic E-state index is 12.0. The van der Waals surface area contributed by atoms with Crippen molar-refractivity contribution in [2.24, 2.45) is 5.10 Å². The normalized spacial score (nSPS) is 13.4. The van der Waals surface area contributed by atoms with Crippen LogP contribution >= 0.6 is 0 Å². The summed E-state index contributed by atoms with van der Waals surface area (Å²) in [6.07, 6.45) is 4.22. The number of phenolic OH excluding ortho intramolecular Hbond substituents is 1. The minimum absolute atomic E-state index is 0.0383. The number of aromatic amines is 1. The fourth-order valence-electron chi connectivity index (χ4n) is 2.98. The van der Waals surface area contributed by atoms with Crippen LogP contribution in [0.1, 0.15) is 21.6 Å². The van der Waals surface area contributed by atoms with Gasteiger partial charge in [0.2, 0.25) is 0 Å². The third-order valence-electron chi connectivity index (χ3n) is 4.47. The number of hydrazone groups is 1. The standard InChI is InChI=1S/C20H19N5O2/c1-25(23-12-13-2-4-15(26)5-3-13)19-10-14(6-8-21-19)18-11-16-17(24-18)7-9-22-20(16)27/h2-6,8,10-12,24,26H,7,9H2,1H3,(H,22,27). The molecule has 0 unspecified atom stereocenters. The summed E-state index contributed by atoms with van der Waals surface area (Å²) in [6, 6.07) is 12.5. The predicted molar refractivity (Wildman–Crippen MR) is 104 cm³/mol. The molecular weight excluding hydrogens is 342 g/mol. The zero-order valence-corrected chi connectivity index (χ0v) is 14.8. The maximum Gasteiger partial charge on any atom is 0.253 e. The molecule has 3 N–H and O–H groups in total. The van der Waals surface area contributed by atoms with Crippen LogP contribution in [0.15, 0.2) is 53.8 Å². The fourth-order valence-corrected chi connectivity index (χ4v) is 2.98. The first kappa shape index (κ1) is 16.8. The molecule has 1 amide bonds. The lowest BCUT2D eigenvalue weighted by Crippen LogP contribution is -2.31. The fraction of sp³-hybridized carbons (Fsp3) is 0.150. The average molecular weight is 361 g/mol. The summed E-state index contributed by atoms with van der Waals surface area (Å²) in [7, 11) is 1.82. The second-order valence-electron chi connectivity index (χ2n) is 6.34. The first-order valence-electron chi connectivity index (χ1n) is 8.63. The molecule has 2 aromatic heterocycles. The highest BCUT2D eigenvalue weighted by molar-refractivity contribution is 5.97. The Hall–Kier alpha value is -3.61. The van der Waals surface area contributed by atoms with Crippen molar-refractivity contribution in [3.63, 3.8) is 0 Å². The van der Waals surface area contributed by atoms with Crippen molar-refractivity contribution in [2.75, 3.05) is 18.6 Å². The molecule has 0 radical (unpaired) electrons. The number of H-pyrrole nitrogens is 1. The van der Waals surface area contributed by atoms with Gasteiger partial charge in [-0.25, -0.2) is 4.98 Å². The van der Waals surface area contributed by atoms with Crippen LogP contribution in [-0.4, -0.2) is 40.8 Å². The van der Waals surface area contributed by atoms with Crippen molar-refractivity contribution in [3.05, 3.63) is 65.5 Å². The van der Waals surface area contributed by atoms with Crippen LogP contribution in [0.2, 0.25) is 0 Å². The van der Waals surface area contributed by atoms with Crippen LogP contribution in [-0.2, 0) is 6.42 Å². The Morgan fingerprint density at radius 1 is 1.22 bits per heavy atom. The van der Waals surface area contributed by atoms with Gasteiger partial charge >= 0.3 is 0 Å². The number of hydrogen-bond donors (Lipinski definition) is 3. The molecule has 4 rings (SSSR count). The van der Waals surface area contributed by atoms with E-state index in [2.05, 4.69) is 20.4 Å². The minimum atomic E-state index is -0.0383. The molecule has 7 nitrogen and oxygen atoms in total. The Morgan fingerprint density at radius 3 is 2.81 bits per heavy atom. The Kier molecular flexibility index (Phi) is 4.33. The van der Waals surface area contributed by atoms with E-state index in [4.69, 9.17) is 0 Å². The maximum atomic E-state index is 12.0. The van der Waals surface area contributed by atoms with Gasteiger partial charge in [0.1, 0.15) is 11.6 Å². The first-order valence-corrected chi connectivity index (χ1v) is 8.63. The van der Waals surface area contributed by atoms with Gasteiger partial charge in [0.15, 0.2) is 0 Å². The summed E-state index contributed by atoms with van der Waals surface area (Å²) in [5.41, 5.74) is 4.36. The minimum Gasteiger partial charge on any atom is -0.508 e. The van der Waals surface area contributed by atoms with Crippen molar-refractivity contribution in [2.45, 2.75) is 6.42 Å². The Balaban J connectivity index is 1.57. The van der Waals surface area contributed by atoms with Crippen LogP contribution in [0, 0.1) is 0 Å². The van der Waals surface area contributed by atoms with E-state index in [1.54, 1.807) is 41.7 Å². The highest BCUT2D eigenvalue weighted by Crippen LogP contribution is 2.26. The molecule has 0 aliphatic carbocycles. The van der Waals surface area contributed by atoms with E-state index in [-0.39, 0.29) is 11.7 Å². The second kappa shape index (κ2) is 6.95. The van der Waals surface area contributed by atoms with Gasteiger partial charge in [-0.05, 0) is 48.0 Å². The molecule has 1 aromatic carbocycles. The number of carbonyl (C=O) groups excluding carboxylic acids is 1. The largest absolute Gasteiger partial charge is 0.508 e. The van der Waals surface area contributed by atoms with Gasteiger partial charge in [0.25, 0.3) is 5.91 Å². The molecule has 3 aromatic rings. The van der Waals surface area contributed by atoms with E-state index in [1.165, 1.54) is 0 Å². The Bertz CT molecular complexity index is 1010. The lowest BCUT2D eigenvalue weighted by Gasteiger charge is -2.12. The number of hydrogen-bond acceptors (Lipinski definition) is 5. The number of nitrogens with one attached hydrogen (secondary N) is 2. The van der Waals surface area contributed by atoms with Gasteiger partial charge in [-0.2, -0.15) is 5.10 Å². The highest BCUT2D eigenvalue weighted by atomic mass is 16.3. The smallest absolute Gasteiger partial charge is 0.253 e. The second-order valence-corrected chi connectivity index (χ2v) is 6.34. The predicted octanol–water partition coefficient (Wildman–Crippen LogP) is 2.54. The molecule has 3 heterocycles. The lowest BCUT2D eigenvalue weighted by atomic mass is 10.1. The molecule has 136 valence electrons. The van der Waals surface area contributed by atoms with E-state index in [0.29, 0.717) is 17.9 Å². The van der Waals surface area contributed by atoms with Gasteiger partial charge in [0.05, 0.1) is 11.8 Å². The summed E-state index contributed by atoms with van der Waals surface area (Å²) in [4.78, 5) is 19.7. The number of benzene rings is 1. The molecule has 0 atom stereocenters. The van der Waals surface area contributed by atoms with E-state index < -0.39 is 0 Å². The van der Waals surface area contributed by atoms with Gasteiger partial charge < -0.3 is 15.4 Å². The summed E-state index contributed by atoms with van der Waals surface area (Å²) in [5, 5.41) is 18.3. The molecule has 0 spiro atoms. The monoisotopic (exact) mass is 361 g/mol. The van der Waals surface area contributed by atoms with Crippen LogP contribution in [0.3, 0.4) is 0 Å². The summed E-state index contributed by atoms with van der Waals surface area (Å²) in [5.74, 6) is 0.861. The van der Waals surface area contributed by atoms with Crippen molar-refractivity contribution in [1.82, 2.24) is 15.3 Å². The molecule has 1 aliphatic rings. The van der Waals surface area contributed by atoms with Crippen molar-refractivity contribution >= 4 is 17.9 Å². The number of amides is 1. The van der Waals surface area contributed by atoms with Crippen LogP contribution < -0.4 is 10.3 Å². The number of anilines is 1. The molecule has 27 heavy (non-hydrogen) atoms. The Morgan fingerprint density at radius 2 is 2.04 bits per heavy atom. The summed E-state index contributed by atoms with van der Waals surface area (Å²) in [6.45, 7) is 0.655. The first-order chi connectivity index (χ1) is 13.1. The topological polar surface area (TPSA) is 93.6 Å². The van der Waals surface area contributed by atoms with Gasteiger partial charge in [-0.3, -0.25) is 9.80 Å². The lowest BCUT2D eigenvalue weighted by molar-refractivity contribution is 0.0946. The van der Waals surface area contributed by atoms with E-state index in [1.807, 2.05) is 25.2 Å². The van der Waals surface area contributed by atoms with E-state index in [9.17, 15) is 9.90 Å². The quantitative estimate of drug-likeness (QED) is 0.492. The highest BCUT2D eigenvalue weighted by Gasteiger charge is 2.20. The third kappa shape index (κ3) is 3.52. The number of nitrogens with zero attached hydrogens (tertiary/aromatic N) is 3. The number of rotatable bonds is 4. The molecular formula is C20H19N5O2. The van der Waals surface area contributed by atoms with Crippen molar-refractivity contribution < 1.29 is 9.90 Å². The number of pyridine rings is 1. The summed E-state index contributed by atoms with van der Waals surface area (Å²) < 4.78 is 0. The molecule has 0 saturated carbocycles. The number of carbonyl (C=O) groups is 1. The number of fused-ring (bicyclic) bond motifs is 1. The van der Waals surface area contributed by atoms with Crippen molar-refractivity contribution in [1.29, 1.82) is 0 Å². The molecule has 0 saturated heterocycles. The Labute approximate surface area is 156 Å². The number of aromatic nitrogens is 2. The van der Waals surface area contributed by atoms with E-state index >= 15 is 0 Å². The van der Waals surface area contributed by atoms with Gasteiger partial charge in [-0.1, -0.05) is 0 Å². The van der Waals surface area contributed by atoms with Gasteiger partial charge in [-0.15, -0.1) is 0 Å². The zero-order chi connectivity index (χ0) is 18.8. The summed E-state index contributed by atoms with van der Waals surface area (Å²) >= 11 is 0. The van der Waals surface area contributed by atoms with Crippen LogP contribution in [0.4, 0.5) is 5.82 Å². The third-order valence-corrected chi connectivity index (χ3v) is 4.47. The molecule has 0 fully saturated rings.